The van der Waals surface area contributed by atoms with Gasteiger partial charge in [0.1, 0.15) is 13.2 Å². The summed E-state index contributed by atoms with van der Waals surface area (Å²) < 4.78 is 38.6. The van der Waals surface area contributed by atoms with Crippen LogP contribution in [0.4, 0.5) is 5.69 Å². The van der Waals surface area contributed by atoms with Gasteiger partial charge < -0.3 is 20.5 Å². The van der Waals surface area contributed by atoms with Crippen LogP contribution in [-0.4, -0.2) is 40.6 Å². The largest absolute Gasteiger partial charge is 0.486 e. The number of carbonyl (C=O) groups is 1. The third kappa shape index (κ3) is 4.69. The minimum atomic E-state index is -3.84. The van der Waals surface area contributed by atoms with E-state index >= 15 is 0 Å². The molecule has 3 rings (SSSR count). The monoisotopic (exact) mass is 391 g/mol. The molecule has 0 atom stereocenters. The summed E-state index contributed by atoms with van der Waals surface area (Å²) in [6, 6.07) is 10.7. The van der Waals surface area contributed by atoms with Crippen molar-refractivity contribution in [1.82, 2.24) is 5.32 Å². The molecular formula is C18H21N3O5S. The number of carbonyl (C=O) groups excluding carboxylic acids is 1. The summed E-state index contributed by atoms with van der Waals surface area (Å²) in [7, 11) is -3.84. The molecule has 0 aliphatic carbocycles. The first-order valence-corrected chi connectivity index (χ1v) is 9.99. The number of amides is 1. The first-order chi connectivity index (χ1) is 13.0. The summed E-state index contributed by atoms with van der Waals surface area (Å²) >= 11 is 0. The van der Waals surface area contributed by atoms with Crippen LogP contribution in [0.3, 0.4) is 0 Å². The van der Waals surface area contributed by atoms with Crippen molar-refractivity contribution < 1.29 is 22.7 Å². The highest BCUT2D eigenvalue weighted by Gasteiger charge is 2.20. The molecule has 0 unspecified atom stereocenters. The van der Waals surface area contributed by atoms with Crippen molar-refractivity contribution in [2.24, 2.45) is 5.73 Å². The van der Waals surface area contributed by atoms with Gasteiger partial charge in [-0.1, -0.05) is 6.07 Å². The first-order valence-electron chi connectivity index (χ1n) is 8.50. The van der Waals surface area contributed by atoms with Crippen LogP contribution in [0.2, 0.25) is 0 Å². The zero-order valence-corrected chi connectivity index (χ0v) is 15.4. The van der Waals surface area contributed by atoms with Crippen molar-refractivity contribution in [1.29, 1.82) is 0 Å². The summed E-state index contributed by atoms with van der Waals surface area (Å²) in [5, 5.41) is 2.73. The number of rotatable bonds is 7. The van der Waals surface area contributed by atoms with E-state index in [2.05, 4.69) is 10.0 Å². The number of nitrogens with one attached hydrogen (secondary N) is 2. The van der Waals surface area contributed by atoms with E-state index < -0.39 is 10.0 Å². The molecule has 9 heteroatoms. The van der Waals surface area contributed by atoms with Crippen LogP contribution >= 0.6 is 0 Å². The second-order valence-electron chi connectivity index (χ2n) is 5.89. The fourth-order valence-electron chi connectivity index (χ4n) is 2.53. The Morgan fingerprint density at radius 3 is 2.63 bits per heavy atom. The van der Waals surface area contributed by atoms with Gasteiger partial charge in [-0.2, -0.15) is 0 Å². The average molecular weight is 391 g/mol. The summed E-state index contributed by atoms with van der Waals surface area (Å²) in [6.45, 7) is 1.74. The lowest BCUT2D eigenvalue weighted by atomic mass is 10.2. The lowest BCUT2D eigenvalue weighted by molar-refractivity contribution is 0.0953. The van der Waals surface area contributed by atoms with E-state index in [9.17, 15) is 13.2 Å². The Morgan fingerprint density at radius 1 is 1.07 bits per heavy atom. The summed E-state index contributed by atoms with van der Waals surface area (Å²) in [4.78, 5) is 12.2. The predicted octanol–water partition coefficient (Wildman–Crippen LogP) is 1.34. The number of fused-ring (bicyclic) bond motifs is 1. The van der Waals surface area contributed by atoms with Crippen molar-refractivity contribution in [3.05, 3.63) is 48.0 Å². The lowest BCUT2D eigenvalue weighted by Gasteiger charge is -2.19. The van der Waals surface area contributed by atoms with Crippen LogP contribution in [0, 0.1) is 0 Å². The minimum Gasteiger partial charge on any atom is -0.486 e. The lowest BCUT2D eigenvalue weighted by Crippen LogP contribution is -2.26. The normalized spacial score (nSPS) is 13.1. The number of anilines is 1. The van der Waals surface area contributed by atoms with Crippen LogP contribution in [0.5, 0.6) is 11.5 Å². The van der Waals surface area contributed by atoms with Crippen LogP contribution in [0.1, 0.15) is 16.8 Å². The zero-order valence-electron chi connectivity index (χ0n) is 14.6. The third-order valence-electron chi connectivity index (χ3n) is 3.87. The van der Waals surface area contributed by atoms with Crippen LogP contribution in [-0.2, 0) is 10.0 Å². The fraction of sp³-hybridized carbons (Fsp3) is 0.278. The maximum Gasteiger partial charge on any atom is 0.262 e. The minimum absolute atomic E-state index is 0.0459. The third-order valence-corrected chi connectivity index (χ3v) is 5.25. The van der Waals surface area contributed by atoms with E-state index in [1.165, 1.54) is 18.2 Å². The van der Waals surface area contributed by atoms with Crippen LogP contribution < -0.4 is 25.2 Å². The van der Waals surface area contributed by atoms with Gasteiger partial charge in [0, 0.05) is 23.9 Å². The summed E-state index contributed by atoms with van der Waals surface area (Å²) in [6.07, 6.45) is 0.669. The Balaban J connectivity index is 1.76. The molecule has 0 aromatic heterocycles. The van der Waals surface area contributed by atoms with E-state index in [1.807, 2.05) is 0 Å². The van der Waals surface area contributed by atoms with Gasteiger partial charge >= 0.3 is 0 Å². The number of ether oxygens (including phenoxy) is 2. The molecule has 0 spiro atoms. The number of benzene rings is 2. The molecule has 27 heavy (non-hydrogen) atoms. The maximum absolute atomic E-state index is 12.7. The van der Waals surface area contributed by atoms with Crippen molar-refractivity contribution in [2.45, 2.75) is 11.3 Å². The Labute approximate surface area is 157 Å². The smallest absolute Gasteiger partial charge is 0.262 e. The molecule has 1 aliphatic heterocycles. The molecule has 2 aromatic rings. The van der Waals surface area contributed by atoms with Crippen LogP contribution in [0.25, 0.3) is 0 Å². The van der Waals surface area contributed by atoms with Crippen molar-refractivity contribution in [3.63, 3.8) is 0 Å². The highest BCUT2D eigenvalue weighted by Crippen LogP contribution is 2.32. The first kappa shape index (κ1) is 19.0. The Morgan fingerprint density at radius 2 is 1.85 bits per heavy atom. The molecule has 1 aliphatic rings. The molecule has 1 amide bonds. The maximum atomic E-state index is 12.7. The zero-order chi connectivity index (χ0) is 19.3. The quantitative estimate of drug-likeness (QED) is 0.613. The molecule has 0 saturated heterocycles. The Hall–Kier alpha value is -2.78. The highest BCUT2D eigenvalue weighted by atomic mass is 32.2. The standard InChI is InChI=1S/C18H21N3O5S/c19-7-2-8-20-18(22)13-3-1-4-14(11-13)21-27(23,24)15-5-6-16-17(12-15)26-10-9-25-16/h1,3-6,11-12,21H,2,7-10,19H2,(H,20,22). The fourth-order valence-corrected chi connectivity index (χ4v) is 3.60. The van der Waals surface area contributed by atoms with E-state index in [0.717, 1.165) is 0 Å². The molecule has 0 bridgehead atoms. The van der Waals surface area contributed by atoms with Gasteiger partial charge in [-0.3, -0.25) is 9.52 Å². The van der Waals surface area contributed by atoms with E-state index in [0.29, 0.717) is 49.8 Å². The second-order valence-corrected chi connectivity index (χ2v) is 7.57. The van der Waals surface area contributed by atoms with Gasteiger partial charge in [-0.25, -0.2) is 8.42 Å². The summed E-state index contributed by atoms with van der Waals surface area (Å²) in [5.74, 6) is 0.609. The highest BCUT2D eigenvalue weighted by molar-refractivity contribution is 7.92. The SMILES string of the molecule is NCCCNC(=O)c1cccc(NS(=O)(=O)c2ccc3c(c2)OCCO3)c1. The van der Waals surface area contributed by atoms with E-state index in [4.69, 9.17) is 15.2 Å². The van der Waals surface area contributed by atoms with E-state index in [-0.39, 0.29) is 16.5 Å². The van der Waals surface area contributed by atoms with Gasteiger partial charge in [-0.05, 0) is 43.3 Å². The number of hydrogen-bond donors (Lipinski definition) is 3. The average Bonchev–Trinajstić information content (AvgIpc) is 2.67. The summed E-state index contributed by atoms with van der Waals surface area (Å²) in [5.41, 5.74) is 6.04. The van der Waals surface area contributed by atoms with Crippen molar-refractivity contribution in [2.75, 3.05) is 31.0 Å². The van der Waals surface area contributed by atoms with Gasteiger partial charge in [0.25, 0.3) is 15.9 Å². The molecular weight excluding hydrogens is 370 g/mol. The Kier molecular flexibility index (Phi) is 5.82. The molecule has 1 heterocycles. The van der Waals surface area contributed by atoms with Crippen molar-refractivity contribution >= 4 is 21.6 Å². The molecule has 144 valence electrons. The molecule has 2 aromatic carbocycles. The number of hydrogen-bond acceptors (Lipinski definition) is 6. The number of sulfonamides is 1. The topological polar surface area (TPSA) is 120 Å². The van der Waals surface area contributed by atoms with E-state index in [1.54, 1.807) is 24.3 Å². The molecule has 8 nitrogen and oxygen atoms in total. The van der Waals surface area contributed by atoms with Gasteiger partial charge in [-0.15, -0.1) is 0 Å². The van der Waals surface area contributed by atoms with Gasteiger partial charge in [0.05, 0.1) is 4.90 Å². The van der Waals surface area contributed by atoms with Crippen LogP contribution in [0.15, 0.2) is 47.4 Å². The van der Waals surface area contributed by atoms with Crippen molar-refractivity contribution in [3.8, 4) is 11.5 Å². The molecule has 0 saturated carbocycles. The number of nitrogens with two attached hydrogens (primary N) is 1. The van der Waals surface area contributed by atoms with Gasteiger partial charge in [0.2, 0.25) is 0 Å². The second kappa shape index (κ2) is 8.28. The van der Waals surface area contributed by atoms with Gasteiger partial charge in [0.15, 0.2) is 11.5 Å². The molecule has 0 radical (unpaired) electrons. The molecule has 4 N–H and O–H groups in total. The Bertz CT molecular complexity index is 930. The predicted molar refractivity (Wildman–Crippen MR) is 101 cm³/mol. The molecule has 0 fully saturated rings.